The number of hydrogen-bond acceptors (Lipinski definition) is 4. The fraction of sp³-hybridized carbons (Fsp3) is 0.941. The van der Waals surface area contributed by atoms with Crippen molar-refractivity contribution >= 4 is 0 Å². The summed E-state index contributed by atoms with van der Waals surface area (Å²) in [5.41, 5.74) is -0.287. The van der Waals surface area contributed by atoms with Crippen LogP contribution in [0, 0.1) is 17.2 Å². The predicted molar refractivity (Wildman–Crippen MR) is 85.0 cm³/mol. The van der Waals surface area contributed by atoms with Gasteiger partial charge in [-0.25, -0.2) is 0 Å². The number of ether oxygens (including phenoxy) is 1. The molecule has 1 saturated heterocycles. The summed E-state index contributed by atoms with van der Waals surface area (Å²) < 4.78 is 5.50. The highest BCUT2D eigenvalue weighted by molar-refractivity contribution is 5.14. The van der Waals surface area contributed by atoms with Crippen LogP contribution in [0.2, 0.25) is 0 Å². The van der Waals surface area contributed by atoms with Crippen LogP contribution in [-0.4, -0.2) is 49.3 Å². The Kier molecular flexibility index (Phi) is 6.04. The lowest BCUT2D eigenvalue weighted by Gasteiger charge is -2.35. The van der Waals surface area contributed by atoms with Crippen molar-refractivity contribution in [2.75, 3.05) is 26.7 Å². The number of methoxy groups -OCH3 is 1. The third kappa shape index (κ3) is 4.18. The van der Waals surface area contributed by atoms with Gasteiger partial charge in [0.2, 0.25) is 0 Å². The summed E-state index contributed by atoms with van der Waals surface area (Å²) in [6, 6.07) is 2.99. The van der Waals surface area contributed by atoms with E-state index in [-0.39, 0.29) is 5.54 Å². The van der Waals surface area contributed by atoms with Gasteiger partial charge in [0.05, 0.1) is 12.2 Å². The molecule has 0 aromatic heterocycles. The number of piperidine rings is 1. The summed E-state index contributed by atoms with van der Waals surface area (Å²) >= 11 is 0. The van der Waals surface area contributed by atoms with Gasteiger partial charge in [-0.1, -0.05) is 6.42 Å². The molecular weight excluding hydrogens is 262 g/mol. The smallest absolute Gasteiger partial charge is 0.109 e. The van der Waals surface area contributed by atoms with Gasteiger partial charge in [-0.15, -0.1) is 0 Å². The first-order valence-corrected chi connectivity index (χ1v) is 8.53. The van der Waals surface area contributed by atoms with E-state index in [4.69, 9.17) is 4.74 Å². The van der Waals surface area contributed by atoms with Crippen molar-refractivity contribution < 1.29 is 4.74 Å². The third-order valence-corrected chi connectivity index (χ3v) is 5.16. The molecule has 2 aliphatic rings. The molecule has 1 saturated carbocycles. The van der Waals surface area contributed by atoms with Gasteiger partial charge < -0.3 is 9.64 Å². The highest BCUT2D eigenvalue weighted by Gasteiger charge is 2.43. The molecule has 120 valence electrons. The van der Waals surface area contributed by atoms with Crippen molar-refractivity contribution in [3.63, 3.8) is 0 Å². The molecule has 1 aliphatic heterocycles. The van der Waals surface area contributed by atoms with Crippen molar-refractivity contribution in [2.24, 2.45) is 5.92 Å². The Balaban J connectivity index is 1.88. The molecule has 4 heteroatoms. The fourth-order valence-electron chi connectivity index (χ4n) is 4.10. The van der Waals surface area contributed by atoms with Gasteiger partial charge in [-0.2, -0.15) is 5.26 Å². The van der Waals surface area contributed by atoms with Crippen molar-refractivity contribution in [1.29, 1.82) is 5.26 Å². The maximum absolute atomic E-state index is 9.71. The van der Waals surface area contributed by atoms with E-state index in [1.54, 1.807) is 0 Å². The molecule has 2 rings (SSSR count). The average Bonchev–Trinajstić information content (AvgIpc) is 2.87. The summed E-state index contributed by atoms with van der Waals surface area (Å²) in [6.45, 7) is 7.63. The Morgan fingerprint density at radius 3 is 2.86 bits per heavy atom. The molecule has 0 spiro atoms. The zero-order chi connectivity index (χ0) is 15.3. The van der Waals surface area contributed by atoms with E-state index in [2.05, 4.69) is 30.1 Å². The van der Waals surface area contributed by atoms with Gasteiger partial charge in [0.25, 0.3) is 0 Å². The second kappa shape index (κ2) is 7.58. The molecule has 0 aromatic carbocycles. The number of hydrogen-bond donors (Lipinski definition) is 1. The van der Waals surface area contributed by atoms with Crippen LogP contribution in [0.15, 0.2) is 0 Å². The molecule has 1 heterocycles. The van der Waals surface area contributed by atoms with E-state index < -0.39 is 0 Å². The van der Waals surface area contributed by atoms with E-state index in [1.807, 2.05) is 7.11 Å². The minimum absolute atomic E-state index is 0.287. The van der Waals surface area contributed by atoms with Crippen molar-refractivity contribution in [2.45, 2.75) is 70.1 Å². The Morgan fingerprint density at radius 2 is 2.19 bits per heavy atom. The van der Waals surface area contributed by atoms with E-state index in [1.165, 1.54) is 32.2 Å². The fourth-order valence-corrected chi connectivity index (χ4v) is 4.10. The first-order chi connectivity index (χ1) is 10.1. The standard InChI is InChI=1S/C17H31N3O/c1-14(2)19-17(13-18)9-4-6-15(17)8-11-20-10-5-7-16(12-20)21-3/h14-16,19H,4-12H2,1-3H3. The number of nitrogens with one attached hydrogen (secondary N) is 1. The highest BCUT2D eigenvalue weighted by Crippen LogP contribution is 2.38. The summed E-state index contributed by atoms with van der Waals surface area (Å²) in [4.78, 5) is 2.52. The summed E-state index contributed by atoms with van der Waals surface area (Å²) in [6.07, 6.45) is 7.32. The quantitative estimate of drug-likeness (QED) is 0.817. The molecule has 3 atom stereocenters. The SMILES string of the molecule is COC1CCCN(CCC2CCCC2(C#N)NC(C)C)C1. The van der Waals surface area contributed by atoms with E-state index in [0.717, 1.165) is 25.9 Å². The molecule has 0 bridgehead atoms. The van der Waals surface area contributed by atoms with Gasteiger partial charge in [-0.3, -0.25) is 5.32 Å². The first kappa shape index (κ1) is 16.7. The van der Waals surface area contributed by atoms with Crippen LogP contribution in [0.5, 0.6) is 0 Å². The molecule has 0 amide bonds. The number of nitriles is 1. The van der Waals surface area contributed by atoms with E-state index in [0.29, 0.717) is 18.1 Å². The maximum atomic E-state index is 9.71. The lowest BCUT2D eigenvalue weighted by molar-refractivity contribution is 0.0286. The molecule has 1 N–H and O–H groups in total. The topological polar surface area (TPSA) is 48.3 Å². The average molecular weight is 293 g/mol. The van der Waals surface area contributed by atoms with Crippen LogP contribution in [0.4, 0.5) is 0 Å². The van der Waals surface area contributed by atoms with Gasteiger partial charge >= 0.3 is 0 Å². The van der Waals surface area contributed by atoms with Crippen LogP contribution < -0.4 is 5.32 Å². The third-order valence-electron chi connectivity index (χ3n) is 5.16. The molecule has 21 heavy (non-hydrogen) atoms. The Hall–Kier alpha value is -0.630. The van der Waals surface area contributed by atoms with Crippen LogP contribution >= 0.6 is 0 Å². The number of rotatable bonds is 6. The van der Waals surface area contributed by atoms with Gasteiger partial charge in [0.15, 0.2) is 0 Å². The molecule has 0 radical (unpaired) electrons. The monoisotopic (exact) mass is 293 g/mol. The minimum atomic E-state index is -0.287. The molecule has 3 unspecified atom stereocenters. The van der Waals surface area contributed by atoms with Crippen molar-refractivity contribution in [1.82, 2.24) is 10.2 Å². The normalized spacial score (nSPS) is 34.2. The molecule has 4 nitrogen and oxygen atoms in total. The minimum Gasteiger partial charge on any atom is -0.380 e. The van der Waals surface area contributed by atoms with Crippen molar-refractivity contribution in [3.05, 3.63) is 0 Å². The van der Waals surface area contributed by atoms with Gasteiger partial charge in [-0.05, 0) is 65.0 Å². The van der Waals surface area contributed by atoms with Crippen LogP contribution in [0.1, 0.15) is 52.4 Å². The Labute approximate surface area is 129 Å². The lowest BCUT2D eigenvalue weighted by atomic mass is 9.85. The molecular formula is C17H31N3O. The highest BCUT2D eigenvalue weighted by atomic mass is 16.5. The Morgan fingerprint density at radius 1 is 1.38 bits per heavy atom. The first-order valence-electron chi connectivity index (χ1n) is 8.53. The van der Waals surface area contributed by atoms with Crippen LogP contribution in [-0.2, 0) is 4.74 Å². The van der Waals surface area contributed by atoms with Crippen LogP contribution in [0.25, 0.3) is 0 Å². The predicted octanol–water partition coefficient (Wildman–Crippen LogP) is 2.55. The number of likely N-dealkylation sites (tertiary alicyclic amines) is 1. The molecule has 2 fully saturated rings. The second-order valence-electron chi connectivity index (χ2n) is 7.06. The van der Waals surface area contributed by atoms with Crippen LogP contribution in [0.3, 0.4) is 0 Å². The van der Waals surface area contributed by atoms with E-state index in [9.17, 15) is 5.26 Å². The molecule has 0 aromatic rings. The summed E-state index contributed by atoms with van der Waals surface area (Å²) in [5.74, 6) is 0.493. The summed E-state index contributed by atoms with van der Waals surface area (Å²) in [5, 5.41) is 13.3. The maximum Gasteiger partial charge on any atom is 0.109 e. The summed E-state index contributed by atoms with van der Waals surface area (Å²) in [7, 11) is 1.82. The van der Waals surface area contributed by atoms with Crippen molar-refractivity contribution in [3.8, 4) is 6.07 Å². The Bertz CT molecular complexity index is 366. The molecule has 1 aliphatic carbocycles. The van der Waals surface area contributed by atoms with Gasteiger partial charge in [0.1, 0.15) is 5.54 Å². The largest absolute Gasteiger partial charge is 0.380 e. The second-order valence-corrected chi connectivity index (χ2v) is 7.06. The lowest BCUT2D eigenvalue weighted by Crippen LogP contribution is -2.51. The zero-order valence-electron chi connectivity index (χ0n) is 13.9. The van der Waals surface area contributed by atoms with Gasteiger partial charge in [0, 0.05) is 19.7 Å². The zero-order valence-corrected chi connectivity index (χ0v) is 13.9. The number of nitrogens with zero attached hydrogens (tertiary/aromatic N) is 2. The van der Waals surface area contributed by atoms with E-state index >= 15 is 0 Å².